The molecule has 1 aliphatic rings. The van der Waals surface area contributed by atoms with E-state index in [1.54, 1.807) is 21.3 Å². The number of hydrogen-bond donors (Lipinski definition) is 2. The van der Waals surface area contributed by atoms with Crippen molar-refractivity contribution < 1.29 is 23.7 Å². The molecule has 0 spiro atoms. The van der Waals surface area contributed by atoms with Crippen molar-refractivity contribution in [2.24, 2.45) is 0 Å². The molecule has 9 heteroatoms. The van der Waals surface area contributed by atoms with Crippen LogP contribution in [0.2, 0.25) is 0 Å². The van der Waals surface area contributed by atoms with Crippen LogP contribution in [0, 0.1) is 0 Å². The number of rotatable bonds is 9. The molecule has 3 rings (SSSR count). The molecule has 1 heterocycles. The first-order valence-electron chi connectivity index (χ1n) is 10.6. The van der Waals surface area contributed by atoms with Gasteiger partial charge in [-0.15, -0.1) is 12.4 Å². The van der Waals surface area contributed by atoms with Gasteiger partial charge in [0.25, 0.3) is 0 Å². The van der Waals surface area contributed by atoms with Crippen molar-refractivity contribution in [2.75, 3.05) is 66.0 Å². The Bertz CT molecular complexity index is 910. The molecule has 0 bridgehead atoms. The fourth-order valence-electron chi connectivity index (χ4n) is 3.36. The van der Waals surface area contributed by atoms with Gasteiger partial charge in [-0.1, -0.05) is 18.2 Å². The van der Waals surface area contributed by atoms with Crippen LogP contribution in [0.15, 0.2) is 36.4 Å². The Balaban J connectivity index is 0.00000385. The Morgan fingerprint density at radius 3 is 2.27 bits per heavy atom. The quantitative estimate of drug-likeness (QED) is 0.535. The molecule has 180 valence electrons. The van der Waals surface area contributed by atoms with Crippen LogP contribution in [0.3, 0.4) is 0 Å². The van der Waals surface area contributed by atoms with Gasteiger partial charge in [0.05, 0.1) is 40.2 Å². The van der Waals surface area contributed by atoms with E-state index in [9.17, 15) is 4.79 Å². The molecule has 2 N–H and O–H groups in total. The van der Waals surface area contributed by atoms with Gasteiger partial charge in [-0.2, -0.15) is 0 Å². The van der Waals surface area contributed by atoms with Crippen LogP contribution >= 0.6 is 12.4 Å². The van der Waals surface area contributed by atoms with E-state index in [4.69, 9.17) is 18.9 Å². The van der Waals surface area contributed by atoms with Crippen LogP contribution < -0.4 is 24.8 Å². The van der Waals surface area contributed by atoms with Crippen molar-refractivity contribution in [2.45, 2.75) is 0 Å². The lowest BCUT2D eigenvalue weighted by Gasteiger charge is -2.26. The van der Waals surface area contributed by atoms with Gasteiger partial charge in [-0.3, -0.25) is 4.90 Å². The second kappa shape index (κ2) is 13.6. The number of amides is 2. The van der Waals surface area contributed by atoms with Crippen LogP contribution in [-0.4, -0.2) is 71.7 Å². The molecule has 2 amide bonds. The molecule has 8 nitrogen and oxygen atoms in total. The van der Waals surface area contributed by atoms with Gasteiger partial charge >= 0.3 is 6.03 Å². The van der Waals surface area contributed by atoms with E-state index in [0.717, 1.165) is 55.5 Å². The third-order valence-electron chi connectivity index (χ3n) is 5.13. The number of nitrogens with one attached hydrogen (secondary N) is 2. The highest BCUT2D eigenvalue weighted by molar-refractivity contribution is 5.91. The summed E-state index contributed by atoms with van der Waals surface area (Å²) in [5.74, 6) is 2.03. The predicted molar refractivity (Wildman–Crippen MR) is 133 cm³/mol. The van der Waals surface area contributed by atoms with Gasteiger partial charge in [0, 0.05) is 32.2 Å². The summed E-state index contributed by atoms with van der Waals surface area (Å²) in [5, 5.41) is 5.78. The first-order valence-corrected chi connectivity index (χ1v) is 10.6. The van der Waals surface area contributed by atoms with E-state index in [1.165, 1.54) is 0 Å². The zero-order valence-electron chi connectivity index (χ0n) is 19.3. The predicted octanol–water partition coefficient (Wildman–Crippen LogP) is 3.76. The second-order valence-electron chi connectivity index (χ2n) is 7.27. The summed E-state index contributed by atoms with van der Waals surface area (Å²) in [6.45, 7) is 4.62. The van der Waals surface area contributed by atoms with Gasteiger partial charge in [0.2, 0.25) is 0 Å². The first kappa shape index (κ1) is 26.3. The molecule has 2 aromatic carbocycles. The zero-order chi connectivity index (χ0) is 22.8. The third-order valence-corrected chi connectivity index (χ3v) is 5.13. The third kappa shape index (κ3) is 8.16. The van der Waals surface area contributed by atoms with Crippen molar-refractivity contribution in [3.8, 4) is 17.2 Å². The summed E-state index contributed by atoms with van der Waals surface area (Å²) in [5.41, 5.74) is 2.45. The first-order chi connectivity index (χ1) is 15.6. The molecule has 1 fully saturated rings. The SMILES string of the molecule is COc1cc(/C=C\c2ccc(OC)c(NC(=O)NCCN3CCOCC3)c2)cc(OC)c1.Cl. The Kier molecular flexibility index (Phi) is 10.8. The Morgan fingerprint density at radius 2 is 1.64 bits per heavy atom. The number of hydrogen-bond acceptors (Lipinski definition) is 6. The summed E-state index contributed by atoms with van der Waals surface area (Å²) in [6.07, 6.45) is 3.91. The van der Waals surface area contributed by atoms with Crippen molar-refractivity contribution >= 4 is 36.3 Å². The molecule has 1 aliphatic heterocycles. The molecule has 33 heavy (non-hydrogen) atoms. The van der Waals surface area contributed by atoms with Crippen molar-refractivity contribution in [1.29, 1.82) is 0 Å². The second-order valence-corrected chi connectivity index (χ2v) is 7.27. The highest BCUT2D eigenvalue weighted by Gasteiger charge is 2.11. The van der Waals surface area contributed by atoms with E-state index in [1.807, 2.05) is 48.6 Å². The maximum absolute atomic E-state index is 12.4. The number of anilines is 1. The Labute approximate surface area is 201 Å². The Hall–Kier alpha value is -2.94. The minimum Gasteiger partial charge on any atom is -0.497 e. The summed E-state index contributed by atoms with van der Waals surface area (Å²) in [7, 11) is 4.82. The normalized spacial score (nSPS) is 13.8. The largest absolute Gasteiger partial charge is 0.497 e. The summed E-state index contributed by atoms with van der Waals surface area (Å²) < 4.78 is 21.4. The van der Waals surface area contributed by atoms with E-state index < -0.39 is 0 Å². The van der Waals surface area contributed by atoms with Crippen LogP contribution in [0.1, 0.15) is 11.1 Å². The Morgan fingerprint density at radius 1 is 0.970 bits per heavy atom. The fraction of sp³-hybridized carbons (Fsp3) is 0.375. The number of urea groups is 1. The average molecular weight is 478 g/mol. The van der Waals surface area contributed by atoms with Gasteiger partial charge in [0.1, 0.15) is 17.2 Å². The van der Waals surface area contributed by atoms with Gasteiger partial charge < -0.3 is 29.6 Å². The molecule has 0 aliphatic carbocycles. The van der Waals surface area contributed by atoms with E-state index in [2.05, 4.69) is 15.5 Å². The maximum atomic E-state index is 12.4. The molecule has 0 aromatic heterocycles. The molecular weight excluding hydrogens is 446 g/mol. The lowest BCUT2D eigenvalue weighted by molar-refractivity contribution is 0.0388. The smallest absolute Gasteiger partial charge is 0.319 e. The summed E-state index contributed by atoms with van der Waals surface area (Å²) in [4.78, 5) is 14.7. The molecule has 0 saturated carbocycles. The molecular formula is C24H32ClN3O5. The van der Waals surface area contributed by atoms with Crippen molar-refractivity contribution in [3.05, 3.63) is 47.5 Å². The molecule has 0 radical (unpaired) electrons. The number of morpholine rings is 1. The number of methoxy groups -OCH3 is 3. The number of carbonyl (C=O) groups is 1. The molecule has 0 unspecified atom stereocenters. The van der Waals surface area contributed by atoms with E-state index in [0.29, 0.717) is 18.0 Å². The monoisotopic (exact) mass is 477 g/mol. The molecule has 0 atom stereocenters. The minimum absolute atomic E-state index is 0. The summed E-state index contributed by atoms with van der Waals surface area (Å²) >= 11 is 0. The standard InChI is InChI=1S/C24H31N3O5.ClH/c1-29-20-14-19(15-21(17-20)30-2)5-4-18-6-7-23(31-3)22(16-18)26-24(28)25-8-9-27-10-12-32-13-11-27;/h4-7,14-17H,8-13H2,1-3H3,(H2,25,26,28);1H/b5-4-;. The molecule has 1 saturated heterocycles. The van der Waals surface area contributed by atoms with Crippen molar-refractivity contribution in [1.82, 2.24) is 10.2 Å². The number of carbonyl (C=O) groups excluding carboxylic acids is 1. The van der Waals surface area contributed by atoms with E-state index in [-0.39, 0.29) is 18.4 Å². The molecule has 2 aromatic rings. The zero-order valence-corrected chi connectivity index (χ0v) is 20.1. The topological polar surface area (TPSA) is 81.3 Å². The van der Waals surface area contributed by atoms with Crippen LogP contribution in [0.4, 0.5) is 10.5 Å². The highest BCUT2D eigenvalue weighted by Crippen LogP contribution is 2.27. The van der Waals surface area contributed by atoms with Gasteiger partial charge in [0.15, 0.2) is 0 Å². The van der Waals surface area contributed by atoms with Gasteiger partial charge in [-0.25, -0.2) is 4.79 Å². The number of ether oxygens (including phenoxy) is 4. The highest BCUT2D eigenvalue weighted by atomic mass is 35.5. The van der Waals surface area contributed by atoms with Gasteiger partial charge in [-0.05, 0) is 35.4 Å². The number of nitrogens with zero attached hydrogens (tertiary/aromatic N) is 1. The van der Waals surface area contributed by atoms with Crippen molar-refractivity contribution in [3.63, 3.8) is 0 Å². The summed E-state index contributed by atoms with van der Waals surface area (Å²) in [6, 6.07) is 11.0. The maximum Gasteiger partial charge on any atom is 0.319 e. The van der Waals surface area contributed by atoms with E-state index >= 15 is 0 Å². The van der Waals surface area contributed by atoms with Crippen LogP contribution in [-0.2, 0) is 4.74 Å². The van der Waals surface area contributed by atoms with Crippen LogP contribution in [0.25, 0.3) is 12.2 Å². The fourth-order valence-corrected chi connectivity index (χ4v) is 3.36. The number of benzene rings is 2. The lowest BCUT2D eigenvalue weighted by atomic mass is 10.1. The lowest BCUT2D eigenvalue weighted by Crippen LogP contribution is -2.42. The average Bonchev–Trinajstić information content (AvgIpc) is 2.83. The van der Waals surface area contributed by atoms with Crippen LogP contribution in [0.5, 0.6) is 17.2 Å². The number of halogens is 1. The minimum atomic E-state index is -0.268.